The second kappa shape index (κ2) is 9.36. The van der Waals surface area contributed by atoms with Crippen molar-refractivity contribution in [2.24, 2.45) is 0 Å². The summed E-state index contributed by atoms with van der Waals surface area (Å²) in [5.41, 5.74) is -0.124. The molecule has 0 aliphatic rings. The molecule has 0 unspecified atom stereocenters. The summed E-state index contributed by atoms with van der Waals surface area (Å²) in [6.45, 7) is 3.57. The Morgan fingerprint density at radius 3 is 2.90 bits per heavy atom. The third kappa shape index (κ3) is 5.73. The summed E-state index contributed by atoms with van der Waals surface area (Å²) in [6.07, 6.45) is 3.51. The first-order valence-corrected chi connectivity index (χ1v) is 7.12. The molecule has 0 atom stereocenters. The van der Waals surface area contributed by atoms with Crippen molar-refractivity contribution < 1.29 is 14.3 Å². The number of carbonyl (C=O) groups is 1. The summed E-state index contributed by atoms with van der Waals surface area (Å²) in [7, 11) is 1.24. The summed E-state index contributed by atoms with van der Waals surface area (Å²) in [4.78, 5) is 23.0. The lowest BCUT2D eigenvalue weighted by Crippen LogP contribution is -2.28. The van der Waals surface area contributed by atoms with Crippen LogP contribution in [0.2, 0.25) is 5.02 Å². The van der Waals surface area contributed by atoms with Crippen molar-refractivity contribution >= 4 is 23.3 Å². The van der Waals surface area contributed by atoms with E-state index in [2.05, 4.69) is 22.1 Å². The van der Waals surface area contributed by atoms with Gasteiger partial charge in [-0.1, -0.05) is 24.9 Å². The van der Waals surface area contributed by atoms with Crippen molar-refractivity contribution in [3.8, 4) is 0 Å². The van der Waals surface area contributed by atoms with Gasteiger partial charge >= 0.3 is 5.97 Å². The van der Waals surface area contributed by atoms with E-state index in [0.29, 0.717) is 25.4 Å². The molecule has 0 saturated heterocycles. The van der Waals surface area contributed by atoms with E-state index in [1.807, 2.05) is 0 Å². The zero-order valence-corrected chi connectivity index (χ0v) is 13.0. The molecule has 1 aromatic heterocycles. The van der Waals surface area contributed by atoms with Crippen LogP contribution in [0.25, 0.3) is 0 Å². The van der Waals surface area contributed by atoms with Gasteiger partial charge in [-0.05, 0) is 6.42 Å². The lowest BCUT2D eigenvalue weighted by molar-refractivity contribution is -0.141. The first kappa shape index (κ1) is 17.5. The fraction of sp³-hybridized carbons (Fsp3) is 0.615. The molecule has 1 heterocycles. The van der Waals surface area contributed by atoms with E-state index < -0.39 is 11.5 Å². The lowest BCUT2D eigenvalue weighted by atomic mass is 10.4. The first-order chi connectivity index (χ1) is 10.1. The number of carbonyl (C=O) groups excluding carboxylic acids is 1. The van der Waals surface area contributed by atoms with Gasteiger partial charge < -0.3 is 14.8 Å². The van der Waals surface area contributed by atoms with Gasteiger partial charge in [-0.3, -0.25) is 9.59 Å². The van der Waals surface area contributed by atoms with E-state index in [1.54, 1.807) is 0 Å². The highest BCUT2D eigenvalue weighted by Crippen LogP contribution is 2.14. The van der Waals surface area contributed by atoms with Gasteiger partial charge in [0.2, 0.25) is 0 Å². The van der Waals surface area contributed by atoms with Gasteiger partial charge in [0.1, 0.15) is 11.6 Å². The van der Waals surface area contributed by atoms with Crippen molar-refractivity contribution in [3.63, 3.8) is 0 Å². The molecule has 7 nitrogen and oxygen atoms in total. The molecular formula is C13H20ClN3O4. The minimum atomic E-state index is -0.564. The highest BCUT2D eigenvalue weighted by molar-refractivity contribution is 6.32. The van der Waals surface area contributed by atoms with Gasteiger partial charge in [-0.2, -0.15) is 5.10 Å². The average Bonchev–Trinajstić information content (AvgIpc) is 2.49. The van der Waals surface area contributed by atoms with Gasteiger partial charge in [0, 0.05) is 13.2 Å². The monoisotopic (exact) mass is 317 g/mol. The van der Waals surface area contributed by atoms with Crippen LogP contribution in [0, 0.1) is 0 Å². The molecule has 0 aliphatic heterocycles. The Kier molecular flexibility index (Phi) is 7.78. The van der Waals surface area contributed by atoms with Crippen LogP contribution in [0.5, 0.6) is 0 Å². The fourth-order valence-corrected chi connectivity index (χ4v) is 1.71. The zero-order valence-electron chi connectivity index (χ0n) is 12.2. The topological polar surface area (TPSA) is 82.4 Å². The Bertz CT molecular complexity index is 519. The maximum atomic E-state index is 11.9. The maximum Gasteiger partial charge on any atom is 0.327 e. The number of aromatic nitrogens is 2. The molecule has 0 aromatic carbocycles. The normalized spacial score (nSPS) is 10.4. The van der Waals surface area contributed by atoms with Crippen molar-refractivity contribution in [2.75, 3.05) is 32.2 Å². The van der Waals surface area contributed by atoms with Crippen LogP contribution in [-0.2, 0) is 20.8 Å². The van der Waals surface area contributed by atoms with Crippen LogP contribution in [0.3, 0.4) is 0 Å². The number of hydrogen-bond acceptors (Lipinski definition) is 6. The number of nitrogens with zero attached hydrogens (tertiary/aromatic N) is 2. The van der Waals surface area contributed by atoms with Crippen LogP contribution in [0.4, 0.5) is 5.69 Å². The number of anilines is 1. The Balaban J connectivity index is 2.55. The van der Waals surface area contributed by atoms with Crippen LogP contribution >= 0.6 is 11.6 Å². The van der Waals surface area contributed by atoms with E-state index >= 15 is 0 Å². The molecule has 0 spiro atoms. The van der Waals surface area contributed by atoms with Crippen LogP contribution in [-0.4, -0.2) is 42.6 Å². The highest BCUT2D eigenvalue weighted by atomic mass is 35.5. The summed E-state index contributed by atoms with van der Waals surface area (Å²) in [6, 6.07) is 0. The summed E-state index contributed by atoms with van der Waals surface area (Å²) in [5.74, 6) is -0.564. The Labute approximate surface area is 128 Å². The van der Waals surface area contributed by atoms with Crippen molar-refractivity contribution in [1.29, 1.82) is 0 Å². The van der Waals surface area contributed by atoms with Crippen molar-refractivity contribution in [3.05, 3.63) is 21.6 Å². The number of unbranched alkanes of at least 4 members (excludes halogenated alkanes) is 1. The number of esters is 1. The lowest BCUT2D eigenvalue weighted by Gasteiger charge is -2.10. The van der Waals surface area contributed by atoms with Gasteiger partial charge in [-0.15, -0.1) is 0 Å². The molecule has 1 rings (SSSR count). The quantitative estimate of drug-likeness (QED) is 0.546. The number of methoxy groups -OCH3 is 1. The molecule has 118 valence electrons. The fourth-order valence-electron chi connectivity index (χ4n) is 1.49. The Morgan fingerprint density at radius 2 is 2.24 bits per heavy atom. The van der Waals surface area contributed by atoms with Crippen LogP contribution in [0.1, 0.15) is 19.8 Å². The van der Waals surface area contributed by atoms with Gasteiger partial charge in [0.05, 0.1) is 25.6 Å². The first-order valence-electron chi connectivity index (χ1n) is 6.74. The van der Waals surface area contributed by atoms with Crippen molar-refractivity contribution in [2.45, 2.75) is 26.3 Å². The maximum absolute atomic E-state index is 11.9. The molecular weight excluding hydrogens is 298 g/mol. The Hall–Kier alpha value is -1.60. The molecule has 0 saturated carbocycles. The second-order valence-electron chi connectivity index (χ2n) is 4.30. The molecule has 0 bridgehead atoms. The SMILES string of the molecule is CCCCOCCNc1cnn(CC(=O)OC)c(=O)c1Cl. The van der Waals surface area contributed by atoms with Gasteiger partial charge in [-0.25, -0.2) is 4.68 Å². The van der Waals surface area contributed by atoms with E-state index in [-0.39, 0.29) is 11.6 Å². The molecule has 0 fully saturated rings. The standard InChI is InChI=1S/C13H20ClN3O4/c1-3-4-6-21-7-5-15-10-8-16-17(9-11(18)20-2)13(19)12(10)14/h8,15H,3-7,9H2,1-2H3. The molecule has 0 radical (unpaired) electrons. The van der Waals surface area contributed by atoms with Gasteiger partial charge in [0.15, 0.2) is 0 Å². The molecule has 8 heteroatoms. The smallest absolute Gasteiger partial charge is 0.327 e. The predicted octanol–water partition coefficient (Wildman–Crippen LogP) is 1.30. The van der Waals surface area contributed by atoms with Gasteiger partial charge in [0.25, 0.3) is 5.56 Å². The number of halogens is 1. The van der Waals surface area contributed by atoms with E-state index in [1.165, 1.54) is 13.3 Å². The minimum absolute atomic E-state index is 0.0116. The van der Waals surface area contributed by atoms with E-state index in [4.69, 9.17) is 16.3 Å². The summed E-state index contributed by atoms with van der Waals surface area (Å²) in [5, 5.41) is 6.84. The van der Waals surface area contributed by atoms with Crippen LogP contribution in [0.15, 0.2) is 11.0 Å². The van der Waals surface area contributed by atoms with E-state index in [0.717, 1.165) is 17.5 Å². The third-order valence-electron chi connectivity index (χ3n) is 2.70. The van der Waals surface area contributed by atoms with Crippen molar-refractivity contribution in [1.82, 2.24) is 9.78 Å². The minimum Gasteiger partial charge on any atom is -0.468 e. The number of hydrogen-bond donors (Lipinski definition) is 1. The Morgan fingerprint density at radius 1 is 1.48 bits per heavy atom. The molecule has 0 amide bonds. The summed E-state index contributed by atoms with van der Waals surface area (Å²) < 4.78 is 10.8. The molecule has 1 N–H and O–H groups in total. The molecule has 0 aliphatic carbocycles. The highest BCUT2D eigenvalue weighted by Gasteiger charge is 2.11. The largest absolute Gasteiger partial charge is 0.468 e. The van der Waals surface area contributed by atoms with E-state index in [9.17, 15) is 9.59 Å². The third-order valence-corrected chi connectivity index (χ3v) is 3.06. The average molecular weight is 318 g/mol. The number of ether oxygens (including phenoxy) is 2. The molecule has 1 aromatic rings. The number of nitrogens with one attached hydrogen (secondary N) is 1. The second-order valence-corrected chi connectivity index (χ2v) is 4.68. The summed E-state index contributed by atoms with van der Waals surface area (Å²) >= 11 is 5.96. The number of rotatable bonds is 9. The predicted molar refractivity (Wildman–Crippen MR) is 79.7 cm³/mol. The van der Waals surface area contributed by atoms with Crippen LogP contribution < -0.4 is 10.9 Å². The zero-order chi connectivity index (χ0) is 15.7. The molecule has 21 heavy (non-hydrogen) atoms.